The predicted molar refractivity (Wildman–Crippen MR) is 80.8 cm³/mol. The monoisotopic (exact) mass is 278 g/mol. The molecule has 1 aliphatic heterocycles. The number of benzene rings is 1. The molecule has 0 saturated carbocycles. The number of aromatic nitrogens is 3. The zero-order valence-corrected chi connectivity index (χ0v) is 11.8. The van der Waals surface area contributed by atoms with Crippen LogP contribution in [0, 0.1) is 0 Å². The molecule has 3 aromatic heterocycles. The second-order valence-electron chi connectivity index (χ2n) is 5.26. The van der Waals surface area contributed by atoms with Crippen LogP contribution in [0.5, 0.6) is 0 Å². The van der Waals surface area contributed by atoms with Gasteiger partial charge in [-0.2, -0.15) is 4.57 Å². The van der Waals surface area contributed by atoms with Gasteiger partial charge in [0.2, 0.25) is 0 Å². The Kier molecular flexibility index (Phi) is 1.83. The first-order chi connectivity index (χ1) is 9.84. The summed E-state index contributed by atoms with van der Waals surface area (Å²) in [5, 5.41) is 2.67. The molecule has 4 heterocycles. The molecule has 3 nitrogen and oxygen atoms in total. The van der Waals surface area contributed by atoms with E-state index in [0.29, 0.717) is 0 Å². The fourth-order valence-electron chi connectivity index (χ4n) is 3.25. The highest BCUT2D eigenvalue weighted by atomic mass is 32.1. The Balaban J connectivity index is 1.97. The van der Waals surface area contributed by atoms with Gasteiger partial charge in [-0.3, -0.25) is 4.98 Å². The number of pyridine rings is 1. The van der Waals surface area contributed by atoms with Crippen LogP contribution in [0.3, 0.4) is 0 Å². The van der Waals surface area contributed by atoms with Gasteiger partial charge in [-0.15, -0.1) is 0 Å². The van der Waals surface area contributed by atoms with Crippen molar-refractivity contribution in [2.24, 2.45) is 7.05 Å². The van der Waals surface area contributed by atoms with Gasteiger partial charge in [0, 0.05) is 25.0 Å². The van der Waals surface area contributed by atoms with Crippen molar-refractivity contribution in [3.63, 3.8) is 0 Å². The molecule has 0 fully saturated rings. The molecular formula is C16H12N3S+. The number of fused-ring (bicyclic) bond motifs is 7. The summed E-state index contributed by atoms with van der Waals surface area (Å²) in [5.74, 6) is 0. The quantitative estimate of drug-likeness (QED) is 0.399. The molecular weight excluding hydrogens is 266 g/mol. The summed E-state index contributed by atoms with van der Waals surface area (Å²) in [6.07, 6.45) is 3.88. The topological polar surface area (TPSA) is 21.7 Å². The Bertz CT molecular complexity index is 994. The molecule has 4 aromatic rings. The average molecular weight is 278 g/mol. The standard InChI is InChI=1S/C16H12N3S/c1-18-13-5-3-2-4-11(13)14-16(18)20-15-12-8-17-7-6-10(12)9-19(14)15/h2-8H,9H2,1H3/q+1. The summed E-state index contributed by atoms with van der Waals surface area (Å²) in [6, 6.07) is 10.8. The van der Waals surface area contributed by atoms with Gasteiger partial charge in [-0.1, -0.05) is 12.1 Å². The molecule has 20 heavy (non-hydrogen) atoms. The smallest absolute Gasteiger partial charge is 0.273 e. The zero-order chi connectivity index (χ0) is 13.3. The summed E-state index contributed by atoms with van der Waals surface area (Å²) in [6.45, 7) is 0.960. The van der Waals surface area contributed by atoms with E-state index in [2.05, 4.69) is 51.5 Å². The Morgan fingerprint density at radius 2 is 2.15 bits per heavy atom. The second-order valence-corrected chi connectivity index (χ2v) is 6.23. The fraction of sp³-hybridized carbons (Fsp3) is 0.125. The summed E-state index contributed by atoms with van der Waals surface area (Å²) in [7, 11) is 2.15. The van der Waals surface area contributed by atoms with Crippen molar-refractivity contribution in [3.8, 4) is 10.6 Å². The highest BCUT2D eigenvalue weighted by Gasteiger charge is 2.34. The Morgan fingerprint density at radius 3 is 3.10 bits per heavy atom. The average Bonchev–Trinajstić information content (AvgIpc) is 3.09. The molecule has 5 rings (SSSR count). The number of para-hydroxylation sites is 1. The lowest BCUT2D eigenvalue weighted by Crippen LogP contribution is -2.30. The lowest BCUT2D eigenvalue weighted by atomic mass is 10.2. The van der Waals surface area contributed by atoms with Gasteiger partial charge >= 0.3 is 0 Å². The third-order valence-electron chi connectivity index (χ3n) is 4.21. The van der Waals surface area contributed by atoms with Gasteiger partial charge in [0.15, 0.2) is 11.4 Å². The van der Waals surface area contributed by atoms with Crippen LogP contribution in [-0.4, -0.2) is 9.55 Å². The molecule has 0 radical (unpaired) electrons. The molecule has 0 amide bonds. The second kappa shape index (κ2) is 3.46. The molecule has 0 saturated heterocycles. The van der Waals surface area contributed by atoms with Crippen LogP contribution in [0.2, 0.25) is 0 Å². The van der Waals surface area contributed by atoms with Gasteiger partial charge in [0.1, 0.15) is 0 Å². The number of hydrogen-bond donors (Lipinski definition) is 0. The van der Waals surface area contributed by atoms with Crippen molar-refractivity contribution in [3.05, 3.63) is 48.3 Å². The van der Waals surface area contributed by atoms with E-state index < -0.39 is 0 Å². The third kappa shape index (κ3) is 1.11. The van der Waals surface area contributed by atoms with Crippen LogP contribution in [0.25, 0.3) is 31.8 Å². The number of aryl methyl sites for hydroxylation is 1. The molecule has 1 aromatic carbocycles. The molecule has 1 aliphatic rings. The third-order valence-corrected chi connectivity index (χ3v) is 5.50. The fourth-order valence-corrected chi connectivity index (χ4v) is 4.55. The maximum Gasteiger partial charge on any atom is 0.273 e. The van der Waals surface area contributed by atoms with Gasteiger partial charge < -0.3 is 4.57 Å². The van der Waals surface area contributed by atoms with E-state index >= 15 is 0 Å². The SMILES string of the molecule is Cn1c2ccccc2c2c1sc1[n+]2Cc2ccncc2-1. The van der Waals surface area contributed by atoms with Crippen LogP contribution < -0.4 is 4.57 Å². The normalized spacial score (nSPS) is 13.1. The lowest BCUT2D eigenvalue weighted by molar-refractivity contribution is -0.641. The van der Waals surface area contributed by atoms with Crippen molar-refractivity contribution >= 4 is 32.6 Å². The molecule has 0 bridgehead atoms. The van der Waals surface area contributed by atoms with Gasteiger partial charge in [0.05, 0.1) is 16.5 Å². The van der Waals surface area contributed by atoms with E-state index in [-0.39, 0.29) is 0 Å². The van der Waals surface area contributed by atoms with E-state index in [1.54, 1.807) is 0 Å². The molecule has 0 unspecified atom stereocenters. The van der Waals surface area contributed by atoms with Crippen LogP contribution in [0.1, 0.15) is 5.56 Å². The predicted octanol–water partition coefficient (Wildman–Crippen LogP) is 3.10. The summed E-state index contributed by atoms with van der Waals surface area (Å²) in [5.41, 5.74) is 5.33. The maximum absolute atomic E-state index is 4.28. The van der Waals surface area contributed by atoms with Crippen LogP contribution in [-0.2, 0) is 13.6 Å². The van der Waals surface area contributed by atoms with E-state index in [0.717, 1.165) is 6.54 Å². The van der Waals surface area contributed by atoms with Gasteiger partial charge in [-0.25, -0.2) is 0 Å². The van der Waals surface area contributed by atoms with E-state index in [1.165, 1.54) is 37.4 Å². The molecule has 0 spiro atoms. The molecule has 0 aliphatic carbocycles. The van der Waals surface area contributed by atoms with Crippen molar-refractivity contribution in [2.45, 2.75) is 6.54 Å². The summed E-state index contributed by atoms with van der Waals surface area (Å²) in [4.78, 5) is 5.62. The summed E-state index contributed by atoms with van der Waals surface area (Å²) < 4.78 is 4.74. The highest BCUT2D eigenvalue weighted by Crippen LogP contribution is 2.38. The molecule has 0 N–H and O–H groups in total. The summed E-state index contributed by atoms with van der Waals surface area (Å²) >= 11 is 1.87. The van der Waals surface area contributed by atoms with Crippen molar-refractivity contribution in [2.75, 3.05) is 0 Å². The first-order valence-corrected chi connectivity index (χ1v) is 7.49. The van der Waals surface area contributed by atoms with Crippen molar-refractivity contribution < 1.29 is 4.57 Å². The Labute approximate surface area is 119 Å². The number of nitrogens with zero attached hydrogens (tertiary/aromatic N) is 3. The number of thiazole rings is 1. The Morgan fingerprint density at radius 1 is 1.25 bits per heavy atom. The highest BCUT2D eigenvalue weighted by molar-refractivity contribution is 7.21. The van der Waals surface area contributed by atoms with Gasteiger partial charge in [0.25, 0.3) is 10.5 Å². The lowest BCUT2D eigenvalue weighted by Gasteiger charge is -1.94. The molecule has 96 valence electrons. The minimum absolute atomic E-state index is 0.960. The minimum Gasteiger partial charge on any atom is -0.330 e. The van der Waals surface area contributed by atoms with E-state index in [9.17, 15) is 0 Å². The van der Waals surface area contributed by atoms with Crippen LogP contribution in [0.15, 0.2) is 42.7 Å². The van der Waals surface area contributed by atoms with Crippen LogP contribution in [0.4, 0.5) is 0 Å². The largest absolute Gasteiger partial charge is 0.330 e. The first kappa shape index (κ1) is 10.6. The van der Waals surface area contributed by atoms with Crippen molar-refractivity contribution in [1.29, 1.82) is 0 Å². The van der Waals surface area contributed by atoms with Gasteiger partial charge in [-0.05, 0) is 29.5 Å². The van der Waals surface area contributed by atoms with E-state index in [1.807, 2.05) is 23.7 Å². The molecule has 0 atom stereocenters. The minimum atomic E-state index is 0.960. The zero-order valence-electron chi connectivity index (χ0n) is 11.0. The first-order valence-electron chi connectivity index (χ1n) is 6.67. The van der Waals surface area contributed by atoms with E-state index in [4.69, 9.17) is 0 Å². The Hall–Kier alpha value is -2.20. The van der Waals surface area contributed by atoms with Crippen molar-refractivity contribution in [1.82, 2.24) is 9.55 Å². The molecule has 4 heteroatoms. The van der Waals surface area contributed by atoms with Crippen LogP contribution >= 0.6 is 11.3 Å². The number of hydrogen-bond acceptors (Lipinski definition) is 2. The maximum atomic E-state index is 4.28. The number of rotatable bonds is 0.